The van der Waals surface area contributed by atoms with Gasteiger partial charge in [-0.15, -0.1) is 11.3 Å². The molecule has 0 aliphatic carbocycles. The third-order valence-corrected chi connectivity index (χ3v) is 4.21. The van der Waals surface area contributed by atoms with Crippen molar-refractivity contribution in [3.63, 3.8) is 0 Å². The van der Waals surface area contributed by atoms with Gasteiger partial charge in [0.2, 0.25) is 5.91 Å². The Bertz CT molecular complexity index is 364. The fourth-order valence-electron chi connectivity index (χ4n) is 2.39. The maximum absolute atomic E-state index is 12.2. The molecule has 0 aromatic carbocycles. The number of rotatable bonds is 5. The molecule has 1 aromatic rings. The lowest BCUT2D eigenvalue weighted by Gasteiger charge is -2.32. The number of hydrogen-bond donors (Lipinski definition) is 0. The van der Waals surface area contributed by atoms with Crippen LogP contribution in [0.25, 0.3) is 0 Å². The number of carbonyl (C=O) groups is 1. The Hall–Kier alpha value is -0.870. The molecular formula is C14H21NO2S. The highest BCUT2D eigenvalue weighted by Gasteiger charge is 2.23. The molecule has 1 fully saturated rings. The van der Waals surface area contributed by atoms with Crippen LogP contribution in [-0.4, -0.2) is 37.1 Å². The van der Waals surface area contributed by atoms with Gasteiger partial charge < -0.3 is 9.64 Å². The molecule has 2 heterocycles. The van der Waals surface area contributed by atoms with E-state index >= 15 is 0 Å². The van der Waals surface area contributed by atoms with Crippen molar-refractivity contribution in [1.29, 1.82) is 0 Å². The SMILES string of the molecule is CCOCC1CCCN(C(=O)Cc2cccs2)C1. The summed E-state index contributed by atoms with van der Waals surface area (Å²) >= 11 is 1.66. The zero-order valence-electron chi connectivity index (χ0n) is 10.9. The summed E-state index contributed by atoms with van der Waals surface area (Å²) in [7, 11) is 0. The number of thiophene rings is 1. The van der Waals surface area contributed by atoms with Gasteiger partial charge in [0.05, 0.1) is 13.0 Å². The number of likely N-dealkylation sites (tertiary alicyclic amines) is 1. The van der Waals surface area contributed by atoms with Crippen LogP contribution in [0.1, 0.15) is 24.6 Å². The first-order chi connectivity index (χ1) is 8.79. The van der Waals surface area contributed by atoms with Crippen LogP contribution in [0.4, 0.5) is 0 Å². The third kappa shape index (κ3) is 3.82. The first kappa shape index (κ1) is 13.6. The van der Waals surface area contributed by atoms with Crippen LogP contribution in [0.5, 0.6) is 0 Å². The molecule has 0 spiro atoms. The van der Waals surface area contributed by atoms with Crippen LogP contribution in [-0.2, 0) is 16.0 Å². The van der Waals surface area contributed by atoms with Crippen molar-refractivity contribution in [3.8, 4) is 0 Å². The second kappa shape index (κ2) is 6.90. The minimum absolute atomic E-state index is 0.263. The molecule has 1 unspecified atom stereocenters. The molecule has 0 radical (unpaired) electrons. The van der Waals surface area contributed by atoms with Gasteiger partial charge in [-0.05, 0) is 37.1 Å². The average Bonchev–Trinajstić information content (AvgIpc) is 2.89. The summed E-state index contributed by atoms with van der Waals surface area (Å²) < 4.78 is 5.47. The van der Waals surface area contributed by atoms with Gasteiger partial charge in [0, 0.05) is 24.6 Å². The van der Waals surface area contributed by atoms with Crippen LogP contribution in [0.2, 0.25) is 0 Å². The molecule has 0 saturated carbocycles. The van der Waals surface area contributed by atoms with Gasteiger partial charge >= 0.3 is 0 Å². The maximum Gasteiger partial charge on any atom is 0.227 e. The molecule has 1 aromatic heterocycles. The molecule has 1 aliphatic rings. The molecule has 1 saturated heterocycles. The van der Waals surface area contributed by atoms with Crippen LogP contribution in [0, 0.1) is 5.92 Å². The van der Waals surface area contributed by atoms with Gasteiger partial charge in [-0.3, -0.25) is 4.79 Å². The van der Waals surface area contributed by atoms with E-state index in [9.17, 15) is 4.79 Å². The van der Waals surface area contributed by atoms with E-state index in [0.29, 0.717) is 12.3 Å². The average molecular weight is 267 g/mol. The highest BCUT2D eigenvalue weighted by molar-refractivity contribution is 7.10. The first-order valence-electron chi connectivity index (χ1n) is 6.67. The fraction of sp³-hybridized carbons (Fsp3) is 0.643. The monoisotopic (exact) mass is 267 g/mol. The van der Waals surface area contributed by atoms with Crippen molar-refractivity contribution >= 4 is 17.2 Å². The lowest BCUT2D eigenvalue weighted by Crippen LogP contribution is -2.41. The number of carbonyl (C=O) groups excluding carboxylic acids is 1. The number of hydrogen-bond acceptors (Lipinski definition) is 3. The van der Waals surface area contributed by atoms with E-state index in [2.05, 4.69) is 0 Å². The molecule has 4 heteroatoms. The summed E-state index contributed by atoms with van der Waals surface area (Å²) in [5.41, 5.74) is 0. The minimum Gasteiger partial charge on any atom is -0.381 e. The lowest BCUT2D eigenvalue weighted by atomic mass is 9.98. The van der Waals surface area contributed by atoms with E-state index in [-0.39, 0.29) is 5.91 Å². The maximum atomic E-state index is 12.2. The quantitative estimate of drug-likeness (QED) is 0.820. The van der Waals surface area contributed by atoms with Crippen LogP contribution < -0.4 is 0 Å². The van der Waals surface area contributed by atoms with E-state index in [1.54, 1.807) is 11.3 Å². The highest BCUT2D eigenvalue weighted by atomic mass is 32.1. The molecule has 100 valence electrons. The largest absolute Gasteiger partial charge is 0.381 e. The van der Waals surface area contributed by atoms with Crippen LogP contribution in [0.3, 0.4) is 0 Å². The summed E-state index contributed by atoms with van der Waals surface area (Å²) in [5.74, 6) is 0.782. The van der Waals surface area contributed by atoms with E-state index in [1.165, 1.54) is 6.42 Å². The Morgan fingerprint density at radius 3 is 3.22 bits per heavy atom. The number of ether oxygens (including phenoxy) is 1. The Balaban J connectivity index is 1.82. The van der Waals surface area contributed by atoms with Gasteiger partial charge in [-0.1, -0.05) is 6.07 Å². The van der Waals surface area contributed by atoms with Crippen LogP contribution in [0.15, 0.2) is 17.5 Å². The van der Waals surface area contributed by atoms with Crippen molar-refractivity contribution in [2.75, 3.05) is 26.3 Å². The van der Waals surface area contributed by atoms with Crippen molar-refractivity contribution in [2.45, 2.75) is 26.2 Å². The standard InChI is InChI=1S/C14H21NO2S/c1-2-17-11-12-5-3-7-15(10-12)14(16)9-13-6-4-8-18-13/h4,6,8,12H,2-3,5,7,9-11H2,1H3. The van der Waals surface area contributed by atoms with Gasteiger partial charge in [-0.25, -0.2) is 0 Å². The number of nitrogens with zero attached hydrogens (tertiary/aromatic N) is 1. The van der Waals surface area contributed by atoms with Gasteiger partial charge in [0.15, 0.2) is 0 Å². The Morgan fingerprint density at radius 2 is 2.50 bits per heavy atom. The molecule has 18 heavy (non-hydrogen) atoms. The second-order valence-electron chi connectivity index (χ2n) is 4.76. The smallest absolute Gasteiger partial charge is 0.227 e. The first-order valence-corrected chi connectivity index (χ1v) is 7.55. The van der Waals surface area contributed by atoms with Crippen molar-refractivity contribution in [1.82, 2.24) is 4.90 Å². The molecule has 0 N–H and O–H groups in total. The van der Waals surface area contributed by atoms with Gasteiger partial charge in [0.25, 0.3) is 0 Å². The Labute approximate surface area is 113 Å². The molecule has 1 amide bonds. The van der Waals surface area contributed by atoms with Gasteiger partial charge in [-0.2, -0.15) is 0 Å². The van der Waals surface area contributed by atoms with Gasteiger partial charge in [0.1, 0.15) is 0 Å². The van der Waals surface area contributed by atoms with E-state index in [0.717, 1.165) is 37.6 Å². The zero-order chi connectivity index (χ0) is 12.8. The molecule has 1 atom stereocenters. The second-order valence-corrected chi connectivity index (χ2v) is 5.80. The predicted octanol–water partition coefficient (Wildman–Crippen LogP) is 2.57. The Kier molecular flexibility index (Phi) is 5.20. The molecule has 1 aliphatic heterocycles. The van der Waals surface area contributed by atoms with Crippen molar-refractivity contribution in [3.05, 3.63) is 22.4 Å². The highest BCUT2D eigenvalue weighted by Crippen LogP contribution is 2.19. The normalized spacial score (nSPS) is 20.1. The molecular weight excluding hydrogens is 246 g/mol. The molecule has 2 rings (SSSR count). The van der Waals surface area contributed by atoms with E-state index < -0.39 is 0 Å². The summed E-state index contributed by atoms with van der Waals surface area (Å²) in [4.78, 5) is 15.3. The summed E-state index contributed by atoms with van der Waals surface area (Å²) in [6.45, 7) is 5.35. The summed E-state index contributed by atoms with van der Waals surface area (Å²) in [6, 6.07) is 4.03. The van der Waals surface area contributed by atoms with E-state index in [4.69, 9.17) is 4.74 Å². The topological polar surface area (TPSA) is 29.5 Å². The summed E-state index contributed by atoms with van der Waals surface area (Å²) in [5, 5.41) is 2.02. The van der Waals surface area contributed by atoms with Crippen molar-refractivity contribution in [2.24, 2.45) is 5.92 Å². The molecule has 0 bridgehead atoms. The van der Waals surface area contributed by atoms with Crippen LogP contribution >= 0.6 is 11.3 Å². The number of piperidine rings is 1. The summed E-state index contributed by atoms with van der Waals surface area (Å²) in [6.07, 6.45) is 2.84. The minimum atomic E-state index is 0.263. The predicted molar refractivity (Wildman–Crippen MR) is 73.8 cm³/mol. The van der Waals surface area contributed by atoms with E-state index in [1.807, 2.05) is 29.3 Å². The molecule has 3 nitrogen and oxygen atoms in total. The third-order valence-electron chi connectivity index (χ3n) is 3.33. The van der Waals surface area contributed by atoms with Crippen molar-refractivity contribution < 1.29 is 9.53 Å². The lowest BCUT2D eigenvalue weighted by molar-refractivity contribution is -0.132. The number of amides is 1. The fourth-order valence-corrected chi connectivity index (χ4v) is 3.08. The Morgan fingerprint density at radius 1 is 1.61 bits per heavy atom. The zero-order valence-corrected chi connectivity index (χ0v) is 11.7.